The van der Waals surface area contributed by atoms with Crippen LogP contribution in [0.15, 0.2) is 42.5 Å². The highest BCUT2D eigenvalue weighted by Gasteiger charge is 2.16. The minimum atomic E-state index is -0.847. The van der Waals surface area contributed by atoms with E-state index in [1.807, 2.05) is 0 Å². The zero-order valence-electron chi connectivity index (χ0n) is 11.5. The van der Waals surface area contributed by atoms with Gasteiger partial charge in [-0.15, -0.1) is 0 Å². The van der Waals surface area contributed by atoms with Crippen LogP contribution in [0.3, 0.4) is 0 Å². The molecule has 114 valence electrons. The first kappa shape index (κ1) is 16.1. The van der Waals surface area contributed by atoms with E-state index in [2.05, 4.69) is 10.6 Å². The minimum Gasteiger partial charge on any atom is -0.495 e. The average molecular weight is 339 g/mol. The summed E-state index contributed by atoms with van der Waals surface area (Å²) in [5.74, 6) is -1.28. The summed E-state index contributed by atoms with van der Waals surface area (Å²) < 4.78 is 5.09. The maximum atomic E-state index is 11.9. The lowest BCUT2D eigenvalue weighted by molar-refractivity contribution is -0.133. The minimum absolute atomic E-state index is 0.307. The molecule has 2 N–H and O–H groups in total. The molecule has 0 aliphatic carbocycles. The first-order valence-corrected chi connectivity index (χ1v) is 6.96. The van der Waals surface area contributed by atoms with Crippen LogP contribution in [0.5, 0.6) is 5.75 Å². The van der Waals surface area contributed by atoms with Crippen LogP contribution in [-0.4, -0.2) is 18.9 Å². The van der Waals surface area contributed by atoms with Gasteiger partial charge in [0.2, 0.25) is 0 Å². The smallest absolute Gasteiger partial charge is 0.314 e. The van der Waals surface area contributed by atoms with E-state index in [-0.39, 0.29) is 0 Å². The van der Waals surface area contributed by atoms with E-state index >= 15 is 0 Å². The second-order valence-corrected chi connectivity index (χ2v) is 5.14. The molecule has 5 nitrogen and oxygen atoms in total. The van der Waals surface area contributed by atoms with Gasteiger partial charge in [-0.1, -0.05) is 29.3 Å². The number of hydrogen-bond acceptors (Lipinski definition) is 3. The zero-order chi connectivity index (χ0) is 16.1. The number of ether oxygens (including phenoxy) is 1. The normalized spacial score (nSPS) is 9.95. The summed E-state index contributed by atoms with van der Waals surface area (Å²) in [4.78, 5) is 23.8. The molecular formula is C15H12Cl2N2O3. The van der Waals surface area contributed by atoms with E-state index in [1.54, 1.807) is 30.3 Å². The number of amides is 2. The lowest BCUT2D eigenvalue weighted by Gasteiger charge is -2.10. The summed E-state index contributed by atoms with van der Waals surface area (Å²) in [6.45, 7) is 0. The number of rotatable bonds is 3. The summed E-state index contributed by atoms with van der Waals surface area (Å²) in [6.07, 6.45) is 0. The van der Waals surface area contributed by atoms with Crippen LogP contribution < -0.4 is 15.4 Å². The lowest BCUT2D eigenvalue weighted by Crippen LogP contribution is -2.29. The highest BCUT2D eigenvalue weighted by Crippen LogP contribution is 2.27. The zero-order valence-corrected chi connectivity index (χ0v) is 13.0. The number of nitrogens with one attached hydrogen (secondary N) is 2. The van der Waals surface area contributed by atoms with Crippen LogP contribution >= 0.6 is 23.2 Å². The SMILES string of the molecule is COc1ccc(Cl)cc1NC(=O)C(=O)Nc1cccc(Cl)c1. The highest BCUT2D eigenvalue weighted by molar-refractivity contribution is 6.44. The highest BCUT2D eigenvalue weighted by atomic mass is 35.5. The van der Waals surface area contributed by atoms with Gasteiger partial charge in [-0.3, -0.25) is 9.59 Å². The van der Waals surface area contributed by atoms with Crippen molar-refractivity contribution in [3.05, 3.63) is 52.5 Å². The molecule has 0 saturated heterocycles. The Labute approximate surface area is 137 Å². The fraction of sp³-hybridized carbons (Fsp3) is 0.0667. The van der Waals surface area contributed by atoms with Crippen LogP contribution in [0.4, 0.5) is 11.4 Å². The molecule has 0 radical (unpaired) electrons. The van der Waals surface area contributed by atoms with Crippen molar-refractivity contribution in [3.63, 3.8) is 0 Å². The van der Waals surface area contributed by atoms with Gasteiger partial charge < -0.3 is 15.4 Å². The predicted molar refractivity (Wildman–Crippen MR) is 86.7 cm³/mol. The van der Waals surface area contributed by atoms with Crippen LogP contribution in [0.1, 0.15) is 0 Å². The second kappa shape index (κ2) is 7.15. The van der Waals surface area contributed by atoms with Crippen LogP contribution in [0.2, 0.25) is 10.0 Å². The standard InChI is InChI=1S/C15H12Cl2N2O3/c1-22-13-6-5-10(17)8-12(13)19-15(21)14(20)18-11-4-2-3-9(16)7-11/h2-8H,1H3,(H,18,20)(H,19,21). The van der Waals surface area contributed by atoms with Gasteiger partial charge in [0.15, 0.2) is 0 Å². The van der Waals surface area contributed by atoms with Gasteiger partial charge in [0, 0.05) is 15.7 Å². The lowest BCUT2D eigenvalue weighted by atomic mass is 10.3. The van der Waals surface area contributed by atoms with Crippen LogP contribution in [-0.2, 0) is 9.59 Å². The summed E-state index contributed by atoms with van der Waals surface area (Å²) in [6, 6.07) is 11.2. The maximum absolute atomic E-state index is 11.9. The monoisotopic (exact) mass is 338 g/mol. The Bertz CT molecular complexity index is 720. The van der Waals surface area contributed by atoms with E-state index < -0.39 is 11.8 Å². The van der Waals surface area contributed by atoms with Gasteiger partial charge in [-0.25, -0.2) is 0 Å². The Morgan fingerprint density at radius 3 is 2.32 bits per heavy atom. The summed E-state index contributed by atoms with van der Waals surface area (Å²) >= 11 is 11.7. The number of methoxy groups -OCH3 is 1. The molecule has 2 aromatic rings. The first-order chi connectivity index (χ1) is 10.5. The number of benzene rings is 2. The Balaban J connectivity index is 2.09. The van der Waals surface area contributed by atoms with Gasteiger partial charge in [0.1, 0.15) is 5.75 Å². The Kier molecular flexibility index (Phi) is 5.25. The van der Waals surface area contributed by atoms with Gasteiger partial charge in [0.05, 0.1) is 12.8 Å². The molecule has 0 bridgehead atoms. The van der Waals surface area contributed by atoms with E-state index in [9.17, 15) is 9.59 Å². The molecule has 2 aromatic carbocycles. The summed E-state index contributed by atoms with van der Waals surface area (Å²) in [5.41, 5.74) is 0.729. The third-order valence-electron chi connectivity index (χ3n) is 2.70. The van der Waals surface area contributed by atoms with Gasteiger partial charge in [-0.05, 0) is 36.4 Å². The number of hydrogen-bond donors (Lipinski definition) is 2. The fourth-order valence-corrected chi connectivity index (χ4v) is 2.07. The molecule has 7 heteroatoms. The van der Waals surface area contributed by atoms with Crippen molar-refractivity contribution in [3.8, 4) is 5.75 Å². The number of anilines is 2. The fourth-order valence-electron chi connectivity index (χ4n) is 1.71. The molecule has 0 heterocycles. The summed E-state index contributed by atoms with van der Waals surface area (Å²) in [5, 5.41) is 5.75. The third-order valence-corrected chi connectivity index (χ3v) is 3.17. The molecule has 0 atom stereocenters. The largest absolute Gasteiger partial charge is 0.495 e. The first-order valence-electron chi connectivity index (χ1n) is 6.21. The predicted octanol–water partition coefficient (Wildman–Crippen LogP) is 3.58. The molecule has 2 rings (SSSR count). The van der Waals surface area contributed by atoms with E-state index in [0.29, 0.717) is 27.2 Å². The van der Waals surface area contributed by atoms with Crippen molar-refractivity contribution in [2.24, 2.45) is 0 Å². The average Bonchev–Trinajstić information content (AvgIpc) is 2.47. The van der Waals surface area contributed by atoms with E-state index in [4.69, 9.17) is 27.9 Å². The van der Waals surface area contributed by atoms with Crippen LogP contribution in [0.25, 0.3) is 0 Å². The maximum Gasteiger partial charge on any atom is 0.314 e. The molecule has 0 fully saturated rings. The van der Waals surface area contributed by atoms with Crippen molar-refractivity contribution in [1.82, 2.24) is 0 Å². The molecule has 0 saturated carbocycles. The Morgan fingerprint density at radius 2 is 1.64 bits per heavy atom. The molecule has 0 aromatic heterocycles. The topological polar surface area (TPSA) is 67.4 Å². The van der Waals surface area contributed by atoms with Gasteiger partial charge in [0.25, 0.3) is 0 Å². The number of halogens is 2. The van der Waals surface area contributed by atoms with Gasteiger partial charge >= 0.3 is 11.8 Å². The summed E-state index contributed by atoms with van der Waals surface area (Å²) in [7, 11) is 1.45. The molecule has 0 spiro atoms. The number of carbonyl (C=O) groups is 2. The third kappa shape index (κ3) is 4.13. The molecule has 22 heavy (non-hydrogen) atoms. The van der Waals surface area contributed by atoms with Crippen LogP contribution in [0, 0.1) is 0 Å². The van der Waals surface area contributed by atoms with E-state index in [1.165, 1.54) is 19.2 Å². The number of carbonyl (C=O) groups excluding carboxylic acids is 2. The molecule has 0 aliphatic heterocycles. The Morgan fingerprint density at radius 1 is 0.955 bits per heavy atom. The van der Waals surface area contributed by atoms with Crippen molar-refractivity contribution >= 4 is 46.4 Å². The quantitative estimate of drug-likeness (QED) is 0.840. The van der Waals surface area contributed by atoms with Gasteiger partial charge in [-0.2, -0.15) is 0 Å². The van der Waals surface area contributed by atoms with Crippen molar-refractivity contribution in [1.29, 1.82) is 0 Å². The molecule has 2 amide bonds. The van der Waals surface area contributed by atoms with E-state index in [0.717, 1.165) is 0 Å². The van der Waals surface area contributed by atoms with Crippen molar-refractivity contribution < 1.29 is 14.3 Å². The van der Waals surface area contributed by atoms with Crippen molar-refractivity contribution in [2.75, 3.05) is 17.7 Å². The van der Waals surface area contributed by atoms with Crippen molar-refractivity contribution in [2.45, 2.75) is 0 Å². The second-order valence-electron chi connectivity index (χ2n) is 4.26. The molecule has 0 aliphatic rings. The molecule has 0 unspecified atom stereocenters. The molecular weight excluding hydrogens is 327 g/mol. The Hall–Kier alpha value is -2.24.